The topological polar surface area (TPSA) is 42.7 Å². The number of imidazole rings is 1. The molecule has 96 valence electrons. The summed E-state index contributed by atoms with van der Waals surface area (Å²) >= 11 is 0. The summed E-state index contributed by atoms with van der Waals surface area (Å²) in [6.07, 6.45) is 7.40. The quantitative estimate of drug-likeness (QED) is 0.883. The van der Waals surface area contributed by atoms with E-state index in [-0.39, 0.29) is 0 Å². The van der Waals surface area contributed by atoms with Gasteiger partial charge in [-0.1, -0.05) is 13.8 Å². The molecule has 1 atom stereocenters. The van der Waals surface area contributed by atoms with Crippen LogP contribution in [0.5, 0.6) is 0 Å². The highest BCUT2D eigenvalue weighted by Gasteiger charge is 2.31. The molecule has 0 amide bonds. The van der Waals surface area contributed by atoms with E-state index in [1.807, 2.05) is 30.2 Å². The fourth-order valence-electron chi connectivity index (χ4n) is 2.92. The van der Waals surface area contributed by atoms with E-state index >= 15 is 0 Å². The fraction of sp³-hybridized carbons (Fsp3) is 0.571. The van der Waals surface area contributed by atoms with E-state index in [9.17, 15) is 0 Å². The van der Waals surface area contributed by atoms with Gasteiger partial charge in [0.2, 0.25) is 0 Å². The molecular weight excluding hydrogens is 224 g/mol. The van der Waals surface area contributed by atoms with Gasteiger partial charge < -0.3 is 9.88 Å². The average molecular weight is 244 g/mol. The SMILES string of the molecule is Cn1cnc2c(NC3CCC(C)(C)C3)nccc21. The minimum atomic E-state index is 0.454. The van der Waals surface area contributed by atoms with E-state index in [1.165, 1.54) is 19.3 Å². The van der Waals surface area contributed by atoms with Gasteiger partial charge >= 0.3 is 0 Å². The molecular formula is C14H20N4. The molecule has 3 rings (SSSR count). The molecule has 18 heavy (non-hydrogen) atoms. The van der Waals surface area contributed by atoms with Crippen LogP contribution in [0.1, 0.15) is 33.1 Å². The van der Waals surface area contributed by atoms with Crippen LogP contribution in [0.2, 0.25) is 0 Å². The van der Waals surface area contributed by atoms with E-state index in [2.05, 4.69) is 29.1 Å². The number of pyridine rings is 1. The molecule has 2 aromatic heterocycles. The molecule has 1 saturated carbocycles. The number of anilines is 1. The van der Waals surface area contributed by atoms with Gasteiger partial charge in [-0.05, 0) is 30.7 Å². The van der Waals surface area contributed by atoms with E-state index in [0.717, 1.165) is 16.9 Å². The van der Waals surface area contributed by atoms with Crippen molar-refractivity contribution in [2.45, 2.75) is 39.2 Å². The Hall–Kier alpha value is -1.58. The molecule has 0 spiro atoms. The Balaban J connectivity index is 1.87. The third-order valence-electron chi connectivity index (χ3n) is 3.95. The van der Waals surface area contributed by atoms with Crippen LogP contribution < -0.4 is 5.32 Å². The zero-order valence-electron chi connectivity index (χ0n) is 11.3. The van der Waals surface area contributed by atoms with Crippen LogP contribution in [0.4, 0.5) is 5.82 Å². The Kier molecular flexibility index (Phi) is 2.54. The first-order valence-electron chi connectivity index (χ1n) is 6.58. The van der Waals surface area contributed by atoms with Crippen LogP contribution in [-0.4, -0.2) is 20.6 Å². The Bertz CT molecular complexity index is 570. The summed E-state index contributed by atoms with van der Waals surface area (Å²) in [7, 11) is 2.01. The Labute approximate surface area is 107 Å². The van der Waals surface area contributed by atoms with Gasteiger partial charge in [-0.25, -0.2) is 9.97 Å². The molecule has 1 aliphatic rings. The summed E-state index contributed by atoms with van der Waals surface area (Å²) in [5.74, 6) is 0.927. The van der Waals surface area contributed by atoms with Crippen molar-refractivity contribution >= 4 is 16.9 Å². The summed E-state index contributed by atoms with van der Waals surface area (Å²) in [5, 5.41) is 3.57. The molecule has 4 heteroatoms. The lowest BCUT2D eigenvalue weighted by atomic mass is 9.92. The summed E-state index contributed by atoms with van der Waals surface area (Å²) < 4.78 is 2.03. The minimum absolute atomic E-state index is 0.454. The summed E-state index contributed by atoms with van der Waals surface area (Å²) in [6.45, 7) is 4.67. The molecule has 0 aromatic carbocycles. The normalized spacial score (nSPS) is 22.5. The number of nitrogens with zero attached hydrogens (tertiary/aromatic N) is 3. The molecule has 4 nitrogen and oxygen atoms in total. The molecule has 0 aliphatic heterocycles. The van der Waals surface area contributed by atoms with Crippen LogP contribution in [-0.2, 0) is 7.05 Å². The zero-order chi connectivity index (χ0) is 12.8. The molecule has 1 fully saturated rings. The maximum Gasteiger partial charge on any atom is 0.154 e. The van der Waals surface area contributed by atoms with Crippen molar-refractivity contribution in [3.63, 3.8) is 0 Å². The van der Waals surface area contributed by atoms with E-state index in [4.69, 9.17) is 0 Å². The van der Waals surface area contributed by atoms with Gasteiger partial charge in [-0.3, -0.25) is 0 Å². The first kappa shape index (κ1) is 11.5. The average Bonchev–Trinajstić information content (AvgIpc) is 2.84. The van der Waals surface area contributed by atoms with Crippen molar-refractivity contribution in [3.8, 4) is 0 Å². The highest BCUT2D eigenvalue weighted by Crippen LogP contribution is 2.38. The second kappa shape index (κ2) is 3.97. The lowest BCUT2D eigenvalue weighted by Gasteiger charge is -2.18. The first-order valence-corrected chi connectivity index (χ1v) is 6.58. The Morgan fingerprint density at radius 1 is 1.39 bits per heavy atom. The van der Waals surface area contributed by atoms with Gasteiger partial charge in [0, 0.05) is 19.3 Å². The van der Waals surface area contributed by atoms with E-state index < -0.39 is 0 Å². The van der Waals surface area contributed by atoms with E-state index in [1.54, 1.807) is 0 Å². The van der Waals surface area contributed by atoms with Crippen molar-refractivity contribution in [1.29, 1.82) is 0 Å². The van der Waals surface area contributed by atoms with Crippen LogP contribution in [0.3, 0.4) is 0 Å². The summed E-state index contributed by atoms with van der Waals surface area (Å²) in [5.41, 5.74) is 2.56. The molecule has 1 aliphatic carbocycles. The second-order valence-corrected chi connectivity index (χ2v) is 6.13. The van der Waals surface area contributed by atoms with Gasteiger partial charge in [0.05, 0.1) is 11.8 Å². The maximum atomic E-state index is 4.44. The van der Waals surface area contributed by atoms with Crippen LogP contribution in [0.25, 0.3) is 11.0 Å². The minimum Gasteiger partial charge on any atom is -0.365 e. The molecule has 0 radical (unpaired) electrons. The number of aromatic nitrogens is 3. The number of hydrogen-bond donors (Lipinski definition) is 1. The van der Waals surface area contributed by atoms with Crippen molar-refractivity contribution < 1.29 is 0 Å². The van der Waals surface area contributed by atoms with Gasteiger partial charge in [0.1, 0.15) is 5.52 Å². The number of aryl methyl sites for hydroxylation is 1. The van der Waals surface area contributed by atoms with Gasteiger partial charge in [-0.2, -0.15) is 0 Å². The standard InChI is InChI=1S/C14H20N4/c1-14(2)6-4-10(8-14)17-13-12-11(5-7-15-13)18(3)9-16-12/h5,7,9-10H,4,6,8H2,1-3H3,(H,15,17). The van der Waals surface area contributed by atoms with Crippen LogP contribution in [0.15, 0.2) is 18.6 Å². The van der Waals surface area contributed by atoms with Gasteiger partial charge in [0.25, 0.3) is 0 Å². The van der Waals surface area contributed by atoms with Gasteiger partial charge in [-0.15, -0.1) is 0 Å². The van der Waals surface area contributed by atoms with Crippen LogP contribution >= 0.6 is 0 Å². The number of nitrogens with one attached hydrogen (secondary N) is 1. The smallest absolute Gasteiger partial charge is 0.154 e. The highest BCUT2D eigenvalue weighted by atomic mass is 15.1. The first-order chi connectivity index (χ1) is 8.55. The highest BCUT2D eigenvalue weighted by molar-refractivity contribution is 5.85. The molecule has 1 N–H and O–H groups in total. The van der Waals surface area contributed by atoms with Crippen molar-refractivity contribution in [2.75, 3.05) is 5.32 Å². The maximum absolute atomic E-state index is 4.44. The predicted molar refractivity (Wildman–Crippen MR) is 73.6 cm³/mol. The Morgan fingerprint density at radius 3 is 2.94 bits per heavy atom. The third-order valence-corrected chi connectivity index (χ3v) is 3.95. The number of hydrogen-bond acceptors (Lipinski definition) is 3. The molecule has 0 bridgehead atoms. The molecule has 1 unspecified atom stereocenters. The zero-order valence-corrected chi connectivity index (χ0v) is 11.3. The Morgan fingerprint density at radius 2 is 2.22 bits per heavy atom. The predicted octanol–water partition coefficient (Wildman–Crippen LogP) is 2.96. The lowest BCUT2D eigenvalue weighted by molar-refractivity contribution is 0.378. The molecule has 0 saturated heterocycles. The van der Waals surface area contributed by atoms with Gasteiger partial charge in [0.15, 0.2) is 5.82 Å². The lowest BCUT2D eigenvalue weighted by Crippen LogP contribution is -2.18. The van der Waals surface area contributed by atoms with E-state index in [0.29, 0.717) is 11.5 Å². The van der Waals surface area contributed by atoms with Crippen LogP contribution in [0, 0.1) is 5.41 Å². The monoisotopic (exact) mass is 244 g/mol. The molecule has 2 aromatic rings. The largest absolute Gasteiger partial charge is 0.365 e. The van der Waals surface area contributed by atoms with Crippen molar-refractivity contribution in [2.24, 2.45) is 12.5 Å². The number of rotatable bonds is 2. The fourth-order valence-corrected chi connectivity index (χ4v) is 2.92. The molecule has 2 heterocycles. The van der Waals surface area contributed by atoms with Crippen molar-refractivity contribution in [1.82, 2.24) is 14.5 Å². The number of fused-ring (bicyclic) bond motifs is 1. The second-order valence-electron chi connectivity index (χ2n) is 6.13. The van der Waals surface area contributed by atoms with Crippen molar-refractivity contribution in [3.05, 3.63) is 18.6 Å². The summed E-state index contributed by atoms with van der Waals surface area (Å²) in [6, 6.07) is 2.53. The third kappa shape index (κ3) is 1.96. The summed E-state index contributed by atoms with van der Waals surface area (Å²) in [4.78, 5) is 8.88.